The molecule has 2 aliphatic heterocycles. The number of hydrogen-bond acceptors (Lipinski definition) is 4. The van der Waals surface area contributed by atoms with E-state index >= 15 is 0 Å². The summed E-state index contributed by atoms with van der Waals surface area (Å²) in [7, 11) is 1.99. The molecule has 2 aliphatic rings. The summed E-state index contributed by atoms with van der Waals surface area (Å²) in [5.74, 6) is 0.862. The Labute approximate surface area is 176 Å². The molecule has 0 amide bonds. The number of aromatic nitrogens is 1. The second-order valence-corrected chi connectivity index (χ2v) is 8.41. The van der Waals surface area contributed by atoms with Crippen LogP contribution in [-0.2, 0) is 13.6 Å². The van der Waals surface area contributed by atoms with E-state index in [1.165, 1.54) is 6.42 Å². The van der Waals surface area contributed by atoms with E-state index in [4.69, 9.17) is 4.74 Å². The van der Waals surface area contributed by atoms with Gasteiger partial charge in [-0.25, -0.2) is 0 Å². The van der Waals surface area contributed by atoms with Crippen molar-refractivity contribution in [2.45, 2.75) is 38.8 Å². The molecule has 0 bridgehead atoms. The van der Waals surface area contributed by atoms with Crippen molar-refractivity contribution in [1.29, 1.82) is 0 Å². The fourth-order valence-electron chi connectivity index (χ4n) is 4.67. The number of ketones is 1. The number of rotatable bonds is 3. The number of Topliss-reactive ketones (excluding diaryl/α,β-unsaturated/α-hetero) is 1. The van der Waals surface area contributed by atoms with Gasteiger partial charge in [0, 0.05) is 42.3 Å². The van der Waals surface area contributed by atoms with Crippen LogP contribution in [0.25, 0.3) is 17.0 Å². The zero-order valence-corrected chi connectivity index (χ0v) is 17.4. The molecule has 154 valence electrons. The number of hydrogen-bond donors (Lipinski definition) is 1. The van der Waals surface area contributed by atoms with Crippen LogP contribution in [0, 0.1) is 0 Å². The highest BCUT2D eigenvalue weighted by Crippen LogP contribution is 2.41. The summed E-state index contributed by atoms with van der Waals surface area (Å²) in [4.78, 5) is 15.4. The number of fused-ring (bicyclic) bond motifs is 2. The Morgan fingerprint density at radius 2 is 2.03 bits per heavy atom. The van der Waals surface area contributed by atoms with E-state index in [1.54, 1.807) is 12.1 Å². The van der Waals surface area contributed by atoms with Crippen molar-refractivity contribution in [2.24, 2.45) is 7.05 Å². The maximum atomic E-state index is 13.1. The first-order valence-corrected chi connectivity index (χ1v) is 10.6. The van der Waals surface area contributed by atoms with E-state index in [0.29, 0.717) is 35.2 Å². The van der Waals surface area contributed by atoms with E-state index in [2.05, 4.69) is 17.9 Å². The summed E-state index contributed by atoms with van der Waals surface area (Å²) in [6, 6.07) is 11.8. The second kappa shape index (κ2) is 7.33. The van der Waals surface area contributed by atoms with E-state index in [1.807, 2.05) is 42.1 Å². The molecule has 3 aromatic rings. The number of carbonyl (C=O) groups is 1. The van der Waals surface area contributed by atoms with E-state index in [9.17, 15) is 9.90 Å². The third-order valence-electron chi connectivity index (χ3n) is 6.43. The quantitative estimate of drug-likeness (QED) is 0.635. The molecule has 2 aromatic carbocycles. The number of ether oxygens (including phenoxy) is 1. The summed E-state index contributed by atoms with van der Waals surface area (Å²) in [6.07, 6.45) is 7.37. The molecule has 5 nitrogen and oxygen atoms in total. The SMILES string of the molecule is C[C@@H]1CCCCN1Cc1c(O)ccc2c1O/C(=C\c1cn(C)c3ccccc13)C2=O. The fraction of sp³-hybridized carbons (Fsp3) is 0.320. The average Bonchev–Trinajstić information content (AvgIpc) is 3.23. The third kappa shape index (κ3) is 3.10. The van der Waals surface area contributed by atoms with Gasteiger partial charge in [-0.1, -0.05) is 24.6 Å². The Hall–Kier alpha value is -3.05. The lowest BCUT2D eigenvalue weighted by Gasteiger charge is -2.33. The predicted octanol–water partition coefficient (Wildman–Crippen LogP) is 4.87. The predicted molar refractivity (Wildman–Crippen MR) is 118 cm³/mol. The number of benzene rings is 2. The molecule has 0 unspecified atom stereocenters. The summed E-state index contributed by atoms with van der Waals surface area (Å²) in [5, 5.41) is 11.6. The summed E-state index contributed by atoms with van der Waals surface area (Å²) in [5.41, 5.74) is 3.28. The molecular formula is C25H26N2O3. The average molecular weight is 402 g/mol. The number of aromatic hydroxyl groups is 1. The lowest BCUT2D eigenvalue weighted by Crippen LogP contribution is -2.36. The van der Waals surface area contributed by atoms with Gasteiger partial charge in [0.1, 0.15) is 11.5 Å². The number of piperidine rings is 1. The maximum absolute atomic E-state index is 13.1. The molecule has 0 saturated carbocycles. The van der Waals surface area contributed by atoms with Crippen LogP contribution in [0.5, 0.6) is 11.5 Å². The molecule has 3 heterocycles. The number of phenolic OH excluding ortho intramolecular Hbond substituents is 1. The molecule has 30 heavy (non-hydrogen) atoms. The minimum atomic E-state index is -0.133. The van der Waals surface area contributed by atoms with Crippen molar-refractivity contribution in [3.05, 3.63) is 65.0 Å². The Kier molecular flexibility index (Phi) is 4.63. The highest BCUT2D eigenvalue weighted by molar-refractivity contribution is 6.15. The van der Waals surface area contributed by atoms with Gasteiger partial charge in [-0.15, -0.1) is 0 Å². The summed E-state index contributed by atoms with van der Waals surface area (Å²) >= 11 is 0. The highest BCUT2D eigenvalue weighted by atomic mass is 16.5. The largest absolute Gasteiger partial charge is 0.507 e. The van der Waals surface area contributed by atoms with Crippen molar-refractivity contribution < 1.29 is 14.6 Å². The van der Waals surface area contributed by atoms with Gasteiger partial charge in [-0.3, -0.25) is 9.69 Å². The first kappa shape index (κ1) is 18.9. The van der Waals surface area contributed by atoms with Crippen LogP contribution < -0.4 is 4.74 Å². The van der Waals surface area contributed by atoms with Gasteiger partial charge in [-0.2, -0.15) is 0 Å². The first-order valence-electron chi connectivity index (χ1n) is 10.6. The number of allylic oxidation sites excluding steroid dienone is 1. The molecule has 1 saturated heterocycles. The monoisotopic (exact) mass is 402 g/mol. The van der Waals surface area contributed by atoms with Crippen LogP contribution >= 0.6 is 0 Å². The van der Waals surface area contributed by atoms with Crippen molar-refractivity contribution in [1.82, 2.24) is 9.47 Å². The minimum absolute atomic E-state index is 0.133. The molecule has 1 N–H and O–H groups in total. The van der Waals surface area contributed by atoms with Gasteiger partial charge in [0.05, 0.1) is 11.1 Å². The Morgan fingerprint density at radius 3 is 2.87 bits per heavy atom. The van der Waals surface area contributed by atoms with Gasteiger partial charge in [-0.05, 0) is 50.6 Å². The van der Waals surface area contributed by atoms with Gasteiger partial charge in [0.2, 0.25) is 5.78 Å². The van der Waals surface area contributed by atoms with Crippen molar-refractivity contribution in [3.8, 4) is 11.5 Å². The lowest BCUT2D eigenvalue weighted by atomic mass is 10.0. The van der Waals surface area contributed by atoms with Crippen LogP contribution in [0.2, 0.25) is 0 Å². The van der Waals surface area contributed by atoms with Crippen molar-refractivity contribution in [2.75, 3.05) is 6.54 Å². The van der Waals surface area contributed by atoms with Gasteiger partial charge < -0.3 is 14.4 Å². The zero-order valence-electron chi connectivity index (χ0n) is 17.4. The standard InChI is InChI=1S/C25H26N2O3/c1-16-7-5-6-12-27(16)15-20-22(28)11-10-19-24(29)23(30-25(19)20)13-17-14-26(2)21-9-4-3-8-18(17)21/h3-4,8-11,13-14,16,28H,5-7,12,15H2,1-2H3/b23-13-/t16-/m1/s1. The molecule has 0 aliphatic carbocycles. The van der Waals surface area contributed by atoms with Crippen LogP contribution in [0.15, 0.2) is 48.4 Å². The number of nitrogens with zero attached hydrogens (tertiary/aromatic N) is 2. The molecular weight excluding hydrogens is 376 g/mol. The van der Waals surface area contributed by atoms with E-state index in [-0.39, 0.29) is 11.5 Å². The van der Waals surface area contributed by atoms with Crippen LogP contribution in [0.1, 0.15) is 47.7 Å². The first-order chi connectivity index (χ1) is 14.5. The number of aryl methyl sites for hydroxylation is 1. The second-order valence-electron chi connectivity index (χ2n) is 8.41. The smallest absolute Gasteiger partial charge is 0.231 e. The lowest BCUT2D eigenvalue weighted by molar-refractivity contribution is 0.101. The molecule has 0 radical (unpaired) electrons. The van der Waals surface area contributed by atoms with E-state index in [0.717, 1.165) is 35.9 Å². The summed E-state index contributed by atoms with van der Waals surface area (Å²) < 4.78 is 8.13. The zero-order chi connectivity index (χ0) is 20.8. The molecule has 5 rings (SSSR count). The maximum Gasteiger partial charge on any atom is 0.231 e. The summed E-state index contributed by atoms with van der Waals surface area (Å²) in [6.45, 7) is 3.80. The van der Waals surface area contributed by atoms with Crippen LogP contribution in [-0.4, -0.2) is 32.9 Å². The molecule has 1 aromatic heterocycles. The Balaban J connectivity index is 1.52. The molecule has 1 fully saturated rings. The van der Waals surface area contributed by atoms with Gasteiger partial charge in [0.25, 0.3) is 0 Å². The number of phenols is 1. The molecule has 0 spiro atoms. The fourth-order valence-corrected chi connectivity index (χ4v) is 4.67. The van der Waals surface area contributed by atoms with Crippen molar-refractivity contribution in [3.63, 3.8) is 0 Å². The third-order valence-corrected chi connectivity index (χ3v) is 6.43. The van der Waals surface area contributed by atoms with Gasteiger partial charge in [0.15, 0.2) is 5.76 Å². The van der Waals surface area contributed by atoms with Crippen molar-refractivity contribution >= 4 is 22.8 Å². The topological polar surface area (TPSA) is 54.7 Å². The van der Waals surface area contributed by atoms with Crippen LogP contribution in [0.3, 0.4) is 0 Å². The Morgan fingerprint density at radius 1 is 1.20 bits per heavy atom. The van der Waals surface area contributed by atoms with E-state index < -0.39 is 0 Å². The number of carbonyl (C=O) groups excluding carboxylic acids is 1. The highest BCUT2D eigenvalue weighted by Gasteiger charge is 2.32. The molecule has 1 atom stereocenters. The molecule has 5 heteroatoms. The van der Waals surface area contributed by atoms with Gasteiger partial charge >= 0.3 is 0 Å². The van der Waals surface area contributed by atoms with Crippen LogP contribution in [0.4, 0.5) is 0 Å². The minimum Gasteiger partial charge on any atom is -0.507 e. The normalized spacial score (nSPS) is 20.7. The number of likely N-dealkylation sites (tertiary alicyclic amines) is 1. The number of para-hydroxylation sites is 1. The Bertz CT molecular complexity index is 1170.